The molecule has 0 unspecified atom stereocenters. The summed E-state index contributed by atoms with van der Waals surface area (Å²) in [6.07, 6.45) is 1.24. The van der Waals surface area contributed by atoms with Gasteiger partial charge in [-0.15, -0.1) is 0 Å². The summed E-state index contributed by atoms with van der Waals surface area (Å²) in [6, 6.07) is 11.9. The Bertz CT molecular complexity index is 1230. The molecular formula is C20H18FN5O3S2. The first kappa shape index (κ1) is 22.3. The molecule has 3 aromatic rings. The summed E-state index contributed by atoms with van der Waals surface area (Å²) < 4.78 is 45.0. The number of halogens is 1. The fourth-order valence-electron chi connectivity index (χ4n) is 2.70. The van der Waals surface area contributed by atoms with Crippen LogP contribution in [0.25, 0.3) is 0 Å². The Labute approximate surface area is 183 Å². The molecule has 0 bridgehead atoms. The lowest BCUT2D eigenvalue weighted by atomic mass is 9.85. The van der Waals surface area contributed by atoms with Gasteiger partial charge >= 0.3 is 0 Å². The predicted octanol–water partition coefficient (Wildman–Crippen LogP) is 3.21. The Morgan fingerprint density at radius 3 is 2.52 bits per heavy atom. The van der Waals surface area contributed by atoms with Crippen LogP contribution >= 0.6 is 11.5 Å². The van der Waals surface area contributed by atoms with Gasteiger partial charge in [0.1, 0.15) is 12.1 Å². The normalized spacial score (nSPS) is 11.5. The number of hydrogen-bond acceptors (Lipinski definition) is 7. The fraction of sp³-hybridized carbons (Fsp3) is 0.200. The molecule has 3 rings (SSSR count). The van der Waals surface area contributed by atoms with Crippen molar-refractivity contribution in [1.29, 1.82) is 5.26 Å². The molecule has 31 heavy (non-hydrogen) atoms. The van der Waals surface area contributed by atoms with E-state index < -0.39 is 27.2 Å². The topological polar surface area (TPSA) is 125 Å². The number of rotatable bonds is 7. The highest BCUT2D eigenvalue weighted by Gasteiger charge is 2.23. The first-order chi connectivity index (χ1) is 14.6. The van der Waals surface area contributed by atoms with E-state index in [1.54, 1.807) is 19.9 Å². The van der Waals surface area contributed by atoms with Gasteiger partial charge in [-0.05, 0) is 49.7 Å². The van der Waals surface area contributed by atoms with Gasteiger partial charge in [-0.25, -0.2) is 17.8 Å². The van der Waals surface area contributed by atoms with Gasteiger partial charge in [-0.2, -0.15) is 9.64 Å². The molecule has 0 fully saturated rings. The monoisotopic (exact) mass is 459 g/mol. The zero-order valence-corrected chi connectivity index (χ0v) is 18.2. The summed E-state index contributed by atoms with van der Waals surface area (Å²) in [5.41, 5.74) is 0.101. The Balaban J connectivity index is 1.65. The Hall–Kier alpha value is -3.36. The summed E-state index contributed by atoms with van der Waals surface area (Å²) >= 11 is 0.903. The van der Waals surface area contributed by atoms with Crippen molar-refractivity contribution in [1.82, 2.24) is 14.7 Å². The van der Waals surface area contributed by atoms with Gasteiger partial charge in [0.25, 0.3) is 15.9 Å². The molecule has 0 radical (unpaired) electrons. The minimum atomic E-state index is -3.84. The van der Waals surface area contributed by atoms with Crippen molar-refractivity contribution in [2.45, 2.75) is 30.7 Å². The molecule has 1 aromatic heterocycles. The van der Waals surface area contributed by atoms with Crippen LogP contribution in [0.3, 0.4) is 0 Å². The molecule has 0 aliphatic rings. The Morgan fingerprint density at radius 2 is 1.94 bits per heavy atom. The second kappa shape index (κ2) is 8.79. The number of anilines is 1. The average Bonchev–Trinajstić information content (AvgIpc) is 3.24. The van der Waals surface area contributed by atoms with Crippen molar-refractivity contribution in [3.63, 3.8) is 0 Å². The third-order valence-electron chi connectivity index (χ3n) is 4.45. The van der Waals surface area contributed by atoms with Crippen molar-refractivity contribution in [3.05, 3.63) is 71.3 Å². The predicted molar refractivity (Wildman–Crippen MR) is 113 cm³/mol. The highest BCUT2D eigenvalue weighted by Crippen LogP contribution is 2.25. The number of amides is 1. The highest BCUT2D eigenvalue weighted by molar-refractivity contribution is 7.93. The highest BCUT2D eigenvalue weighted by atomic mass is 32.2. The molecule has 0 saturated heterocycles. The molecule has 1 amide bonds. The summed E-state index contributed by atoms with van der Waals surface area (Å²) in [4.78, 5) is 16.1. The van der Waals surface area contributed by atoms with Gasteiger partial charge in [0.05, 0.1) is 16.4 Å². The van der Waals surface area contributed by atoms with E-state index in [2.05, 4.69) is 25.5 Å². The molecule has 8 nitrogen and oxygen atoms in total. The van der Waals surface area contributed by atoms with Crippen molar-refractivity contribution in [3.8, 4) is 6.07 Å². The first-order valence-electron chi connectivity index (χ1n) is 9.00. The third-order valence-corrected chi connectivity index (χ3v) is 6.51. The quantitative estimate of drug-likeness (QED) is 0.559. The standard InChI is InChI=1S/C20H18FN5O3S2/c1-20(2,11-22)16-8-3-13(9-17(16)21)10-23-18(27)14-4-6-15(7-5-14)31(28,29)26-19-24-12-25-30-19/h3-9,12H,10H2,1-2H3,(H,23,27)(H,24,25,26). The van der Waals surface area contributed by atoms with E-state index in [9.17, 15) is 17.6 Å². The number of nitrogens with zero attached hydrogens (tertiary/aromatic N) is 3. The summed E-state index contributed by atoms with van der Waals surface area (Å²) in [7, 11) is -3.84. The van der Waals surface area contributed by atoms with Gasteiger partial charge in [-0.1, -0.05) is 12.1 Å². The molecule has 2 N–H and O–H groups in total. The van der Waals surface area contributed by atoms with E-state index >= 15 is 0 Å². The number of benzene rings is 2. The molecule has 0 aliphatic heterocycles. The lowest BCUT2D eigenvalue weighted by Crippen LogP contribution is -2.23. The van der Waals surface area contributed by atoms with Crippen LogP contribution in [-0.2, 0) is 22.0 Å². The van der Waals surface area contributed by atoms with Gasteiger partial charge in [0, 0.05) is 29.2 Å². The lowest BCUT2D eigenvalue weighted by Gasteiger charge is -2.17. The van der Waals surface area contributed by atoms with Crippen LogP contribution in [0.2, 0.25) is 0 Å². The van der Waals surface area contributed by atoms with Gasteiger partial charge < -0.3 is 5.32 Å². The van der Waals surface area contributed by atoms with E-state index in [1.165, 1.54) is 42.7 Å². The van der Waals surface area contributed by atoms with Crippen LogP contribution < -0.4 is 10.0 Å². The van der Waals surface area contributed by atoms with Gasteiger partial charge in [0.2, 0.25) is 5.13 Å². The van der Waals surface area contributed by atoms with Gasteiger partial charge in [-0.3, -0.25) is 9.52 Å². The summed E-state index contributed by atoms with van der Waals surface area (Å²) in [5, 5.41) is 12.0. The minimum Gasteiger partial charge on any atom is -0.348 e. The van der Waals surface area contributed by atoms with Crippen molar-refractivity contribution >= 4 is 32.6 Å². The molecule has 11 heteroatoms. The third kappa shape index (κ3) is 5.22. The SMILES string of the molecule is CC(C)(C#N)c1ccc(CNC(=O)c2ccc(S(=O)(=O)Nc3ncns3)cc2)cc1F. The number of carbonyl (C=O) groups excluding carboxylic acids is 1. The fourth-order valence-corrected chi connectivity index (χ4v) is 4.36. The van der Waals surface area contributed by atoms with Crippen molar-refractivity contribution in [2.75, 3.05) is 4.72 Å². The number of nitrogens with one attached hydrogen (secondary N) is 2. The second-order valence-electron chi connectivity index (χ2n) is 7.11. The number of sulfonamides is 1. The molecule has 1 heterocycles. The Kier molecular flexibility index (Phi) is 6.33. The lowest BCUT2D eigenvalue weighted by molar-refractivity contribution is 0.0950. The number of carbonyl (C=O) groups is 1. The smallest absolute Gasteiger partial charge is 0.263 e. The maximum Gasteiger partial charge on any atom is 0.263 e. The minimum absolute atomic E-state index is 0.0305. The molecule has 0 saturated carbocycles. The maximum atomic E-state index is 14.3. The number of aromatic nitrogens is 2. The van der Waals surface area contributed by atoms with Gasteiger partial charge in [0.15, 0.2) is 0 Å². The number of hydrogen-bond donors (Lipinski definition) is 2. The van der Waals surface area contributed by atoms with Crippen LogP contribution in [0.4, 0.5) is 9.52 Å². The van der Waals surface area contributed by atoms with Crippen LogP contribution in [0.5, 0.6) is 0 Å². The van der Waals surface area contributed by atoms with Crippen molar-refractivity contribution in [2.24, 2.45) is 0 Å². The van der Waals surface area contributed by atoms with E-state index in [0.29, 0.717) is 5.56 Å². The molecule has 0 spiro atoms. The molecular weight excluding hydrogens is 441 g/mol. The van der Waals surface area contributed by atoms with Crippen LogP contribution in [0, 0.1) is 17.1 Å². The molecule has 0 aliphatic carbocycles. The molecule has 160 valence electrons. The van der Waals surface area contributed by atoms with E-state index in [-0.39, 0.29) is 27.7 Å². The van der Waals surface area contributed by atoms with E-state index in [4.69, 9.17) is 5.26 Å². The van der Waals surface area contributed by atoms with Crippen LogP contribution in [0.15, 0.2) is 53.7 Å². The Morgan fingerprint density at radius 1 is 1.23 bits per heavy atom. The molecule has 0 atom stereocenters. The average molecular weight is 460 g/mol. The maximum absolute atomic E-state index is 14.3. The van der Waals surface area contributed by atoms with Crippen LogP contribution in [0.1, 0.15) is 35.3 Å². The van der Waals surface area contributed by atoms with E-state index in [1.807, 2.05) is 0 Å². The van der Waals surface area contributed by atoms with E-state index in [0.717, 1.165) is 11.5 Å². The number of nitriles is 1. The molecule has 2 aromatic carbocycles. The zero-order valence-electron chi connectivity index (χ0n) is 16.6. The second-order valence-corrected chi connectivity index (χ2v) is 9.57. The first-order valence-corrected chi connectivity index (χ1v) is 11.3. The zero-order chi connectivity index (χ0) is 22.6. The summed E-state index contributed by atoms with van der Waals surface area (Å²) in [5.74, 6) is -0.960. The van der Waals surface area contributed by atoms with Crippen LogP contribution in [-0.4, -0.2) is 23.7 Å². The summed E-state index contributed by atoms with van der Waals surface area (Å²) in [6.45, 7) is 3.32. The van der Waals surface area contributed by atoms with Crippen molar-refractivity contribution < 1.29 is 17.6 Å². The largest absolute Gasteiger partial charge is 0.348 e.